The van der Waals surface area contributed by atoms with E-state index in [1.165, 1.54) is 0 Å². The third-order valence-corrected chi connectivity index (χ3v) is 4.23. The van der Waals surface area contributed by atoms with Crippen LogP contribution >= 0.6 is 15.9 Å². The molecule has 5 heteroatoms. The van der Waals surface area contributed by atoms with Gasteiger partial charge in [0.1, 0.15) is 0 Å². The molecule has 0 aliphatic heterocycles. The molecule has 0 bridgehead atoms. The Morgan fingerprint density at radius 1 is 1.53 bits per heavy atom. The summed E-state index contributed by atoms with van der Waals surface area (Å²) in [6, 6.07) is 7.29. The highest BCUT2D eigenvalue weighted by molar-refractivity contribution is 9.10. The van der Waals surface area contributed by atoms with Gasteiger partial charge in [-0.2, -0.15) is 0 Å². The third kappa shape index (κ3) is 4.60. The molecule has 0 saturated carbocycles. The van der Waals surface area contributed by atoms with Crippen molar-refractivity contribution in [3.05, 3.63) is 28.7 Å². The predicted octanol–water partition coefficient (Wildman–Crippen LogP) is 2.76. The normalized spacial score (nSPS) is 14.1. The molecule has 3 nitrogen and oxygen atoms in total. The van der Waals surface area contributed by atoms with Crippen LogP contribution in [0.3, 0.4) is 0 Å². The van der Waals surface area contributed by atoms with Gasteiger partial charge in [0.2, 0.25) is 0 Å². The molecule has 0 aliphatic rings. The van der Waals surface area contributed by atoms with Crippen molar-refractivity contribution in [2.24, 2.45) is 5.92 Å². The molecule has 1 rings (SSSR count). The maximum atomic E-state index is 12.0. The Labute approximate surface area is 112 Å². The van der Waals surface area contributed by atoms with Crippen molar-refractivity contribution in [2.45, 2.75) is 18.7 Å². The molecule has 0 aromatic heterocycles. The molecule has 0 spiro atoms. The third-order valence-electron chi connectivity index (χ3n) is 2.15. The Hall–Kier alpha value is -0.680. The van der Waals surface area contributed by atoms with Crippen molar-refractivity contribution in [2.75, 3.05) is 12.4 Å². The summed E-state index contributed by atoms with van der Waals surface area (Å²) in [5.74, 6) is -0.361. The summed E-state index contributed by atoms with van der Waals surface area (Å²) in [6.07, 6.45) is 0. The molecule has 0 amide bonds. The lowest BCUT2D eigenvalue weighted by Gasteiger charge is -2.10. The zero-order chi connectivity index (χ0) is 12.8. The molecule has 1 aromatic carbocycles. The van der Waals surface area contributed by atoms with Gasteiger partial charge in [-0.25, -0.2) is 0 Å². The second-order valence-electron chi connectivity index (χ2n) is 3.62. The van der Waals surface area contributed by atoms with E-state index in [0.29, 0.717) is 6.61 Å². The Bertz CT molecular complexity index is 420. The number of carbonyl (C=O) groups excluding carboxylic acids is 1. The number of halogens is 1. The second kappa shape index (κ2) is 6.91. The van der Waals surface area contributed by atoms with Crippen LogP contribution in [0.1, 0.15) is 13.8 Å². The van der Waals surface area contributed by atoms with Crippen LogP contribution < -0.4 is 0 Å². The van der Waals surface area contributed by atoms with Gasteiger partial charge in [-0.1, -0.05) is 28.9 Å². The van der Waals surface area contributed by atoms with Crippen LogP contribution in [-0.2, 0) is 20.3 Å². The number of esters is 1. The Balaban J connectivity index is 2.63. The fourth-order valence-electron chi connectivity index (χ4n) is 1.28. The van der Waals surface area contributed by atoms with Gasteiger partial charge in [0.15, 0.2) is 0 Å². The smallest absolute Gasteiger partial charge is 0.309 e. The molecule has 1 aromatic rings. The molecule has 94 valence electrons. The molecule has 0 radical (unpaired) electrons. The van der Waals surface area contributed by atoms with Crippen LogP contribution in [0.15, 0.2) is 33.6 Å². The van der Waals surface area contributed by atoms with Crippen molar-refractivity contribution < 1.29 is 13.7 Å². The quantitative estimate of drug-likeness (QED) is 0.784. The predicted molar refractivity (Wildman–Crippen MR) is 71.2 cm³/mol. The van der Waals surface area contributed by atoms with Gasteiger partial charge in [-0.05, 0) is 25.1 Å². The molecule has 0 aliphatic carbocycles. The zero-order valence-corrected chi connectivity index (χ0v) is 12.2. The maximum Gasteiger partial charge on any atom is 0.309 e. The van der Waals surface area contributed by atoms with Crippen molar-refractivity contribution in [1.82, 2.24) is 0 Å². The van der Waals surface area contributed by atoms with Gasteiger partial charge in [0.05, 0.1) is 23.3 Å². The van der Waals surface area contributed by atoms with Gasteiger partial charge < -0.3 is 4.74 Å². The van der Waals surface area contributed by atoms with Crippen LogP contribution in [0, 0.1) is 5.92 Å². The second-order valence-corrected chi connectivity index (χ2v) is 6.03. The van der Waals surface area contributed by atoms with Gasteiger partial charge in [0, 0.05) is 15.1 Å². The molecule has 0 saturated heterocycles. The molecule has 0 fully saturated rings. The molecule has 0 heterocycles. The summed E-state index contributed by atoms with van der Waals surface area (Å²) in [4.78, 5) is 12.1. The maximum absolute atomic E-state index is 12.0. The number of hydrogen-bond acceptors (Lipinski definition) is 3. The minimum absolute atomic E-state index is 0.287. The Morgan fingerprint density at radius 3 is 2.82 bits per heavy atom. The standard InChI is InChI=1S/C12H15BrO3S/c1-3-16-12(14)9(2)8-17(15)11-6-4-5-10(13)7-11/h4-7,9H,3,8H2,1-2H3. The highest BCUT2D eigenvalue weighted by Gasteiger charge is 2.18. The van der Waals surface area contributed by atoms with E-state index in [9.17, 15) is 9.00 Å². The van der Waals surface area contributed by atoms with Crippen LogP contribution in [0.4, 0.5) is 0 Å². The minimum atomic E-state index is -1.18. The number of rotatable bonds is 5. The summed E-state index contributed by atoms with van der Waals surface area (Å²) in [5, 5.41) is 0. The summed E-state index contributed by atoms with van der Waals surface area (Å²) >= 11 is 3.32. The number of carbonyl (C=O) groups is 1. The van der Waals surface area contributed by atoms with Crippen LogP contribution in [-0.4, -0.2) is 22.5 Å². The monoisotopic (exact) mass is 318 g/mol. The summed E-state index contributed by atoms with van der Waals surface area (Å²) in [7, 11) is -1.18. The van der Waals surface area contributed by atoms with Crippen molar-refractivity contribution in [3.8, 4) is 0 Å². The summed E-state index contributed by atoms with van der Waals surface area (Å²) < 4.78 is 17.8. The first-order chi connectivity index (χ1) is 8.04. The van der Waals surface area contributed by atoms with E-state index in [1.54, 1.807) is 26.0 Å². The SMILES string of the molecule is CCOC(=O)C(C)CS(=O)c1cccc(Br)c1. The fraction of sp³-hybridized carbons (Fsp3) is 0.417. The lowest BCUT2D eigenvalue weighted by molar-refractivity contribution is -0.146. The van der Waals surface area contributed by atoms with Crippen LogP contribution in [0.25, 0.3) is 0 Å². The van der Waals surface area contributed by atoms with Crippen LogP contribution in [0.5, 0.6) is 0 Å². The summed E-state index contributed by atoms with van der Waals surface area (Å²) in [6.45, 7) is 3.84. The average molecular weight is 319 g/mol. The highest BCUT2D eigenvalue weighted by Crippen LogP contribution is 2.16. The molecule has 17 heavy (non-hydrogen) atoms. The van der Waals surface area contributed by atoms with Crippen molar-refractivity contribution >= 4 is 32.7 Å². The largest absolute Gasteiger partial charge is 0.466 e. The van der Waals surface area contributed by atoms with E-state index >= 15 is 0 Å². The van der Waals surface area contributed by atoms with E-state index in [2.05, 4.69) is 15.9 Å². The summed E-state index contributed by atoms with van der Waals surface area (Å²) in [5.41, 5.74) is 0. The lowest BCUT2D eigenvalue weighted by atomic mass is 10.2. The van der Waals surface area contributed by atoms with E-state index in [4.69, 9.17) is 4.74 Å². The topological polar surface area (TPSA) is 43.4 Å². The van der Waals surface area contributed by atoms with E-state index in [-0.39, 0.29) is 17.6 Å². The fourth-order valence-corrected chi connectivity index (χ4v) is 3.11. The lowest BCUT2D eigenvalue weighted by Crippen LogP contribution is -2.20. The molecule has 2 unspecified atom stereocenters. The average Bonchev–Trinajstić information content (AvgIpc) is 2.29. The van der Waals surface area contributed by atoms with Crippen molar-refractivity contribution in [3.63, 3.8) is 0 Å². The molecule has 2 atom stereocenters. The first-order valence-electron chi connectivity index (χ1n) is 5.35. The number of ether oxygens (including phenoxy) is 1. The van der Waals surface area contributed by atoms with E-state index in [0.717, 1.165) is 9.37 Å². The van der Waals surface area contributed by atoms with E-state index < -0.39 is 10.8 Å². The van der Waals surface area contributed by atoms with Crippen LogP contribution in [0.2, 0.25) is 0 Å². The molecular formula is C12H15BrO3S. The highest BCUT2D eigenvalue weighted by atomic mass is 79.9. The minimum Gasteiger partial charge on any atom is -0.466 e. The molecular weight excluding hydrogens is 304 g/mol. The first kappa shape index (κ1) is 14.4. The first-order valence-corrected chi connectivity index (χ1v) is 7.46. The Morgan fingerprint density at radius 2 is 2.24 bits per heavy atom. The Kier molecular flexibility index (Phi) is 5.85. The van der Waals surface area contributed by atoms with Gasteiger partial charge in [0.25, 0.3) is 0 Å². The number of benzene rings is 1. The van der Waals surface area contributed by atoms with E-state index in [1.807, 2.05) is 12.1 Å². The van der Waals surface area contributed by atoms with Gasteiger partial charge >= 0.3 is 5.97 Å². The van der Waals surface area contributed by atoms with Gasteiger partial charge in [-0.15, -0.1) is 0 Å². The van der Waals surface area contributed by atoms with Gasteiger partial charge in [-0.3, -0.25) is 9.00 Å². The van der Waals surface area contributed by atoms with Crippen molar-refractivity contribution in [1.29, 1.82) is 0 Å². The zero-order valence-electron chi connectivity index (χ0n) is 9.81. The number of hydrogen-bond donors (Lipinski definition) is 0. The molecule has 0 N–H and O–H groups in total.